The molecule has 0 aliphatic carbocycles. The Morgan fingerprint density at radius 3 is 2.75 bits per heavy atom. The first-order valence-electron chi connectivity index (χ1n) is 6.85. The molecule has 5 nitrogen and oxygen atoms in total. The van der Waals surface area contributed by atoms with Gasteiger partial charge in [0.1, 0.15) is 6.10 Å². The van der Waals surface area contributed by atoms with Gasteiger partial charge in [0.2, 0.25) is 5.91 Å². The normalized spacial score (nSPS) is 22.4. The van der Waals surface area contributed by atoms with Gasteiger partial charge in [0.05, 0.1) is 12.6 Å². The van der Waals surface area contributed by atoms with E-state index in [1.165, 1.54) is 0 Å². The Bertz CT molecular complexity index is 448. The minimum atomic E-state index is -0.568. The maximum Gasteiger partial charge on any atom is 0.237 e. The molecule has 0 saturated carbocycles. The van der Waals surface area contributed by atoms with Gasteiger partial charge in [-0.15, -0.1) is 0 Å². The molecule has 1 aliphatic heterocycles. The Kier molecular flexibility index (Phi) is 4.75. The molecule has 20 heavy (non-hydrogen) atoms. The number of rotatable bonds is 5. The van der Waals surface area contributed by atoms with Gasteiger partial charge in [-0.1, -0.05) is 30.3 Å². The smallest absolute Gasteiger partial charge is 0.237 e. The van der Waals surface area contributed by atoms with Crippen LogP contribution in [0.15, 0.2) is 30.3 Å². The number of hydrogen-bond donors (Lipinski definition) is 2. The molecule has 3 N–H and O–H groups in total. The summed E-state index contributed by atoms with van der Waals surface area (Å²) in [6.07, 6.45) is 0.415. The van der Waals surface area contributed by atoms with Gasteiger partial charge in [-0.25, -0.2) is 0 Å². The van der Waals surface area contributed by atoms with Gasteiger partial charge < -0.3 is 20.5 Å². The van der Waals surface area contributed by atoms with Crippen LogP contribution in [0.2, 0.25) is 0 Å². The minimum absolute atomic E-state index is 0.113. The zero-order valence-corrected chi connectivity index (χ0v) is 12.0. The monoisotopic (exact) mass is 278 g/mol. The van der Waals surface area contributed by atoms with Crippen LogP contribution in [0.1, 0.15) is 19.4 Å². The van der Waals surface area contributed by atoms with Crippen molar-refractivity contribution >= 4 is 5.91 Å². The maximum atomic E-state index is 11.9. The summed E-state index contributed by atoms with van der Waals surface area (Å²) in [6.45, 7) is 4.62. The summed E-state index contributed by atoms with van der Waals surface area (Å²) >= 11 is 0. The third-order valence-corrected chi connectivity index (χ3v) is 3.21. The van der Waals surface area contributed by atoms with Crippen molar-refractivity contribution in [3.63, 3.8) is 0 Å². The summed E-state index contributed by atoms with van der Waals surface area (Å²) in [4.78, 5) is 11.9. The highest BCUT2D eigenvalue weighted by Gasteiger charge is 2.32. The van der Waals surface area contributed by atoms with Gasteiger partial charge in [0.25, 0.3) is 0 Å². The SMILES string of the molecule is CC1(C)OCC(CNC(=O)[C@H](N)Cc2ccccc2)O1. The fourth-order valence-corrected chi connectivity index (χ4v) is 2.17. The topological polar surface area (TPSA) is 73.6 Å². The Morgan fingerprint density at radius 1 is 1.45 bits per heavy atom. The molecule has 0 bridgehead atoms. The van der Waals surface area contributed by atoms with Gasteiger partial charge in [0.15, 0.2) is 5.79 Å². The van der Waals surface area contributed by atoms with Crippen molar-refractivity contribution < 1.29 is 14.3 Å². The highest BCUT2D eigenvalue weighted by molar-refractivity contribution is 5.81. The lowest BCUT2D eigenvalue weighted by Gasteiger charge is -2.18. The second-order valence-electron chi connectivity index (χ2n) is 5.49. The van der Waals surface area contributed by atoms with Crippen LogP contribution in [0.5, 0.6) is 0 Å². The predicted octanol–water partition coefficient (Wildman–Crippen LogP) is 0.824. The first-order valence-corrected chi connectivity index (χ1v) is 6.85. The molecule has 2 atom stereocenters. The van der Waals surface area contributed by atoms with Crippen LogP contribution in [0.25, 0.3) is 0 Å². The molecular formula is C15H22N2O3. The average molecular weight is 278 g/mol. The largest absolute Gasteiger partial charge is 0.352 e. The predicted molar refractivity (Wildman–Crippen MR) is 76.0 cm³/mol. The summed E-state index contributed by atoms with van der Waals surface area (Å²) < 4.78 is 11.1. The van der Waals surface area contributed by atoms with Crippen molar-refractivity contribution in [2.24, 2.45) is 5.73 Å². The van der Waals surface area contributed by atoms with E-state index < -0.39 is 11.8 Å². The molecule has 1 aliphatic rings. The molecule has 1 aromatic rings. The van der Waals surface area contributed by atoms with E-state index >= 15 is 0 Å². The second-order valence-corrected chi connectivity index (χ2v) is 5.49. The van der Waals surface area contributed by atoms with Crippen molar-refractivity contribution in [1.82, 2.24) is 5.32 Å². The Labute approximate surface area is 119 Å². The van der Waals surface area contributed by atoms with Crippen molar-refractivity contribution in [3.8, 4) is 0 Å². The minimum Gasteiger partial charge on any atom is -0.352 e. The third-order valence-electron chi connectivity index (χ3n) is 3.21. The molecular weight excluding hydrogens is 256 g/mol. The number of hydrogen-bond acceptors (Lipinski definition) is 4. The van der Waals surface area contributed by atoms with E-state index in [1.807, 2.05) is 44.2 Å². The lowest BCUT2D eigenvalue weighted by Crippen LogP contribution is -2.45. The Balaban J connectivity index is 1.75. The standard InChI is InChI=1S/C15H22N2O3/c1-15(2)19-10-12(20-15)9-17-14(18)13(16)8-11-6-4-3-5-7-11/h3-7,12-13H,8-10,16H2,1-2H3,(H,17,18)/t12?,13-/m1/s1. The summed E-state index contributed by atoms with van der Waals surface area (Å²) in [6, 6.07) is 9.19. The summed E-state index contributed by atoms with van der Waals surface area (Å²) in [5.74, 6) is -0.733. The van der Waals surface area contributed by atoms with Crippen LogP contribution in [-0.4, -0.2) is 37.0 Å². The number of nitrogens with two attached hydrogens (primary N) is 1. The van der Waals surface area contributed by atoms with Crippen LogP contribution in [0.4, 0.5) is 0 Å². The Hall–Kier alpha value is -1.43. The lowest BCUT2D eigenvalue weighted by atomic mass is 10.1. The first-order chi connectivity index (χ1) is 9.46. The van der Waals surface area contributed by atoms with Crippen molar-refractivity contribution in [2.75, 3.05) is 13.2 Å². The molecule has 2 rings (SSSR count). The fourth-order valence-electron chi connectivity index (χ4n) is 2.17. The molecule has 1 unspecified atom stereocenters. The summed E-state index contributed by atoms with van der Waals surface area (Å²) in [5.41, 5.74) is 6.96. The molecule has 0 aromatic heterocycles. The van der Waals surface area contributed by atoms with Crippen LogP contribution in [0, 0.1) is 0 Å². The van der Waals surface area contributed by atoms with E-state index in [4.69, 9.17) is 15.2 Å². The average Bonchev–Trinajstić information content (AvgIpc) is 2.76. The van der Waals surface area contributed by atoms with E-state index in [2.05, 4.69) is 5.32 Å². The summed E-state index contributed by atoms with van der Waals surface area (Å²) in [7, 11) is 0. The maximum absolute atomic E-state index is 11.9. The van der Waals surface area contributed by atoms with E-state index in [9.17, 15) is 4.79 Å². The molecule has 0 spiro atoms. The van der Waals surface area contributed by atoms with Crippen LogP contribution in [0.3, 0.4) is 0 Å². The highest BCUT2D eigenvalue weighted by Crippen LogP contribution is 2.21. The number of ether oxygens (including phenoxy) is 2. The fraction of sp³-hybridized carbons (Fsp3) is 0.533. The van der Waals surface area contributed by atoms with Crippen molar-refractivity contribution in [3.05, 3.63) is 35.9 Å². The number of benzene rings is 1. The number of nitrogens with one attached hydrogen (secondary N) is 1. The van der Waals surface area contributed by atoms with E-state index in [0.29, 0.717) is 19.6 Å². The molecule has 110 valence electrons. The van der Waals surface area contributed by atoms with Gasteiger partial charge in [-0.3, -0.25) is 4.79 Å². The molecule has 1 saturated heterocycles. The molecule has 0 radical (unpaired) electrons. The van der Waals surface area contributed by atoms with E-state index in [-0.39, 0.29) is 12.0 Å². The quantitative estimate of drug-likeness (QED) is 0.836. The van der Waals surface area contributed by atoms with Gasteiger partial charge in [0, 0.05) is 6.54 Å². The van der Waals surface area contributed by atoms with E-state index in [1.54, 1.807) is 0 Å². The van der Waals surface area contributed by atoms with Crippen LogP contribution in [-0.2, 0) is 20.7 Å². The van der Waals surface area contributed by atoms with Gasteiger partial charge in [-0.05, 0) is 25.8 Å². The zero-order chi connectivity index (χ0) is 14.6. The van der Waals surface area contributed by atoms with Gasteiger partial charge in [-0.2, -0.15) is 0 Å². The first kappa shape index (κ1) is 15.0. The molecule has 1 aromatic carbocycles. The molecule has 1 heterocycles. The molecule has 1 fully saturated rings. The molecule has 1 amide bonds. The Morgan fingerprint density at radius 2 is 2.15 bits per heavy atom. The highest BCUT2D eigenvalue weighted by atomic mass is 16.7. The second kappa shape index (κ2) is 6.35. The third kappa shape index (κ3) is 4.30. The lowest BCUT2D eigenvalue weighted by molar-refractivity contribution is -0.139. The number of carbonyl (C=O) groups excluding carboxylic acids is 1. The number of carbonyl (C=O) groups is 1. The summed E-state index contributed by atoms with van der Waals surface area (Å²) in [5, 5.41) is 2.81. The number of amides is 1. The molecule has 5 heteroatoms. The van der Waals surface area contributed by atoms with Gasteiger partial charge >= 0.3 is 0 Å². The zero-order valence-electron chi connectivity index (χ0n) is 12.0. The van der Waals surface area contributed by atoms with E-state index in [0.717, 1.165) is 5.56 Å². The van der Waals surface area contributed by atoms with Crippen molar-refractivity contribution in [2.45, 2.75) is 38.2 Å². The van der Waals surface area contributed by atoms with Crippen LogP contribution < -0.4 is 11.1 Å². The van der Waals surface area contributed by atoms with Crippen LogP contribution >= 0.6 is 0 Å². The van der Waals surface area contributed by atoms with Crippen molar-refractivity contribution in [1.29, 1.82) is 0 Å².